The summed E-state index contributed by atoms with van der Waals surface area (Å²) in [6.45, 7) is 6.58. The molecule has 210 valence electrons. The number of hydrogen-bond donors (Lipinski definition) is 1. The lowest BCUT2D eigenvalue weighted by Gasteiger charge is -2.29. The molecule has 2 aromatic heterocycles. The minimum Gasteiger partial charge on any atom is -0.446 e. The van der Waals surface area contributed by atoms with E-state index in [4.69, 9.17) is 4.74 Å². The van der Waals surface area contributed by atoms with Gasteiger partial charge in [0.2, 0.25) is 5.91 Å². The van der Waals surface area contributed by atoms with Gasteiger partial charge in [-0.15, -0.1) is 0 Å². The molecule has 0 saturated carbocycles. The number of hydrogen-bond acceptors (Lipinski definition) is 6. The number of ether oxygens (including phenoxy) is 1. The van der Waals surface area contributed by atoms with E-state index in [2.05, 4.69) is 28.3 Å². The van der Waals surface area contributed by atoms with E-state index in [9.17, 15) is 9.59 Å². The van der Waals surface area contributed by atoms with Gasteiger partial charge in [0.15, 0.2) is 5.13 Å². The van der Waals surface area contributed by atoms with E-state index in [1.807, 2.05) is 38.2 Å². The number of anilines is 2. The van der Waals surface area contributed by atoms with Crippen LogP contribution >= 0.6 is 11.3 Å². The molecule has 1 aromatic carbocycles. The van der Waals surface area contributed by atoms with Gasteiger partial charge in [-0.3, -0.25) is 14.7 Å². The van der Waals surface area contributed by atoms with Crippen LogP contribution in [0.3, 0.4) is 0 Å². The first-order chi connectivity index (χ1) is 18.9. The zero-order valence-electron chi connectivity index (χ0n) is 23.6. The highest BCUT2D eigenvalue weighted by Gasteiger charge is 2.26. The summed E-state index contributed by atoms with van der Waals surface area (Å²) in [5, 5.41) is 3.62. The van der Waals surface area contributed by atoms with Crippen LogP contribution in [0.1, 0.15) is 97.1 Å². The van der Waals surface area contributed by atoms with E-state index in [0.29, 0.717) is 18.1 Å². The predicted molar refractivity (Wildman–Crippen MR) is 161 cm³/mol. The van der Waals surface area contributed by atoms with Crippen molar-refractivity contribution in [2.75, 3.05) is 16.8 Å². The first kappa shape index (κ1) is 29.0. The normalized spacial score (nSPS) is 13.1. The minimum atomic E-state index is -0.328. The van der Waals surface area contributed by atoms with Crippen LogP contribution in [0, 0.1) is 0 Å². The largest absolute Gasteiger partial charge is 0.446 e. The molecule has 4 rings (SSSR count). The van der Waals surface area contributed by atoms with Gasteiger partial charge in [0.05, 0.1) is 27.7 Å². The number of rotatable bonds is 13. The Morgan fingerprint density at radius 1 is 1.03 bits per heavy atom. The van der Waals surface area contributed by atoms with E-state index >= 15 is 0 Å². The summed E-state index contributed by atoms with van der Waals surface area (Å²) >= 11 is 1.48. The summed E-state index contributed by atoms with van der Waals surface area (Å²) in [6, 6.07) is 8.09. The van der Waals surface area contributed by atoms with E-state index in [0.717, 1.165) is 58.4 Å². The second-order valence-corrected chi connectivity index (χ2v) is 11.7. The number of thiazole rings is 1. The summed E-state index contributed by atoms with van der Waals surface area (Å²) < 4.78 is 6.46. The molecule has 1 aliphatic rings. The molecular formula is C31H42N4O3S. The van der Waals surface area contributed by atoms with Crippen molar-refractivity contribution >= 4 is 44.4 Å². The number of benzene rings is 1. The van der Waals surface area contributed by atoms with Gasteiger partial charge in [-0.05, 0) is 56.9 Å². The van der Waals surface area contributed by atoms with Crippen molar-refractivity contribution in [2.24, 2.45) is 0 Å². The third-order valence-electron chi connectivity index (χ3n) is 7.07. The van der Waals surface area contributed by atoms with Crippen molar-refractivity contribution in [3.63, 3.8) is 0 Å². The maximum atomic E-state index is 12.7. The van der Waals surface area contributed by atoms with Crippen molar-refractivity contribution < 1.29 is 14.3 Å². The minimum absolute atomic E-state index is 0.0319. The molecule has 3 aromatic rings. The summed E-state index contributed by atoms with van der Waals surface area (Å²) in [4.78, 5) is 36.1. The van der Waals surface area contributed by atoms with Crippen LogP contribution in [-0.2, 0) is 16.0 Å². The molecule has 0 unspecified atom stereocenters. The average molecular weight is 551 g/mol. The molecule has 0 aliphatic carbocycles. The smallest absolute Gasteiger partial charge is 0.414 e. The summed E-state index contributed by atoms with van der Waals surface area (Å²) in [6.07, 6.45) is 14.7. The van der Waals surface area contributed by atoms with E-state index < -0.39 is 0 Å². The van der Waals surface area contributed by atoms with Crippen LogP contribution in [0.25, 0.3) is 21.3 Å². The first-order valence-corrected chi connectivity index (χ1v) is 15.4. The maximum Gasteiger partial charge on any atom is 0.414 e. The summed E-state index contributed by atoms with van der Waals surface area (Å²) in [5.74, 6) is 0.0319. The van der Waals surface area contributed by atoms with Crippen LogP contribution in [0.5, 0.6) is 0 Å². The maximum absolute atomic E-state index is 12.7. The molecule has 7 nitrogen and oxygen atoms in total. The van der Waals surface area contributed by atoms with Gasteiger partial charge in [0, 0.05) is 24.7 Å². The first-order valence-electron chi connectivity index (χ1n) is 14.6. The number of nitrogens with one attached hydrogen (secondary N) is 1. The molecule has 8 heteroatoms. The quantitative estimate of drug-likeness (QED) is 0.216. The Balaban J connectivity index is 1.34. The van der Waals surface area contributed by atoms with Crippen LogP contribution in [-0.4, -0.2) is 34.6 Å². The molecule has 0 atom stereocenters. The third-order valence-corrected chi connectivity index (χ3v) is 8.00. The standard InChI is InChI=1S/C31H42N4O3S/c1-4-5-6-7-8-9-10-11-12-15-29(36)34-30-33-26-17-16-23(20-28(26)39-30)24-19-27-25(32-21-24)14-13-18-35(27)31(37)38-22(2)3/h16-17,19-22H,4-15,18H2,1-3H3,(H,33,34,36). The highest BCUT2D eigenvalue weighted by atomic mass is 32.1. The highest BCUT2D eigenvalue weighted by Crippen LogP contribution is 2.34. The molecule has 39 heavy (non-hydrogen) atoms. The SMILES string of the molecule is CCCCCCCCCCCC(=O)Nc1nc2ccc(-c3cnc4c(c3)N(C(=O)OC(C)C)CCC4)cc2s1. The van der Waals surface area contributed by atoms with Gasteiger partial charge in [-0.1, -0.05) is 75.7 Å². The van der Waals surface area contributed by atoms with Crippen molar-refractivity contribution in [2.45, 2.75) is 104 Å². The number of carbonyl (C=O) groups excluding carboxylic acids is 2. The lowest BCUT2D eigenvalue weighted by atomic mass is 10.0. The Morgan fingerprint density at radius 3 is 2.51 bits per heavy atom. The average Bonchev–Trinajstić information content (AvgIpc) is 3.32. The zero-order valence-corrected chi connectivity index (χ0v) is 24.4. The molecule has 2 amide bonds. The lowest BCUT2D eigenvalue weighted by molar-refractivity contribution is -0.116. The Hall–Kier alpha value is -3.00. The fourth-order valence-corrected chi connectivity index (χ4v) is 5.90. The Labute approximate surface area is 236 Å². The van der Waals surface area contributed by atoms with Crippen molar-refractivity contribution in [3.8, 4) is 11.1 Å². The van der Waals surface area contributed by atoms with Gasteiger partial charge >= 0.3 is 6.09 Å². The number of pyridine rings is 1. The number of nitrogens with zero attached hydrogens (tertiary/aromatic N) is 3. The van der Waals surface area contributed by atoms with Crippen molar-refractivity contribution in [1.82, 2.24) is 9.97 Å². The van der Waals surface area contributed by atoms with Gasteiger partial charge in [0.1, 0.15) is 0 Å². The molecule has 0 fully saturated rings. The van der Waals surface area contributed by atoms with Gasteiger partial charge in [0.25, 0.3) is 0 Å². The lowest BCUT2D eigenvalue weighted by Crippen LogP contribution is -2.37. The van der Waals surface area contributed by atoms with Crippen LogP contribution < -0.4 is 10.2 Å². The number of amides is 2. The molecule has 0 radical (unpaired) electrons. The van der Waals surface area contributed by atoms with Crippen molar-refractivity contribution in [3.05, 3.63) is 36.2 Å². The predicted octanol–water partition coefficient (Wildman–Crippen LogP) is 8.52. The molecule has 1 aliphatic heterocycles. The molecule has 0 saturated heterocycles. The molecule has 3 heterocycles. The number of aryl methyl sites for hydroxylation is 1. The van der Waals surface area contributed by atoms with Crippen molar-refractivity contribution in [1.29, 1.82) is 0 Å². The molecule has 1 N–H and O–H groups in total. The van der Waals surface area contributed by atoms with Crippen LogP contribution in [0.4, 0.5) is 15.6 Å². The number of aromatic nitrogens is 2. The van der Waals surface area contributed by atoms with Crippen LogP contribution in [0.2, 0.25) is 0 Å². The molecular weight excluding hydrogens is 508 g/mol. The van der Waals surface area contributed by atoms with Crippen LogP contribution in [0.15, 0.2) is 30.5 Å². The zero-order chi connectivity index (χ0) is 27.6. The third kappa shape index (κ3) is 8.24. The van der Waals surface area contributed by atoms with E-state index in [1.165, 1.54) is 56.3 Å². The summed E-state index contributed by atoms with van der Waals surface area (Å²) in [7, 11) is 0. The summed E-state index contributed by atoms with van der Waals surface area (Å²) in [5.41, 5.74) is 4.52. The Kier molecular flexibility index (Phi) is 10.7. The van der Waals surface area contributed by atoms with Gasteiger partial charge in [-0.25, -0.2) is 9.78 Å². The molecule has 0 bridgehead atoms. The highest BCUT2D eigenvalue weighted by molar-refractivity contribution is 7.22. The second-order valence-electron chi connectivity index (χ2n) is 10.7. The van der Waals surface area contributed by atoms with E-state index in [1.54, 1.807) is 4.90 Å². The number of fused-ring (bicyclic) bond motifs is 2. The van der Waals surface area contributed by atoms with E-state index in [-0.39, 0.29) is 18.1 Å². The second kappa shape index (κ2) is 14.4. The Bertz CT molecular complexity index is 1260. The van der Waals surface area contributed by atoms with Gasteiger partial charge < -0.3 is 10.1 Å². The number of unbranched alkanes of at least 4 members (excludes halogenated alkanes) is 8. The number of carbonyl (C=O) groups is 2. The fourth-order valence-electron chi connectivity index (χ4n) is 4.98. The topological polar surface area (TPSA) is 84.4 Å². The molecule has 0 spiro atoms. The fraction of sp³-hybridized carbons (Fsp3) is 0.548. The monoisotopic (exact) mass is 550 g/mol. The Morgan fingerprint density at radius 2 is 1.77 bits per heavy atom. The van der Waals surface area contributed by atoms with Gasteiger partial charge in [-0.2, -0.15) is 0 Å².